The van der Waals surface area contributed by atoms with E-state index in [4.69, 9.17) is 0 Å². The van der Waals surface area contributed by atoms with Gasteiger partial charge in [0.25, 0.3) is 0 Å². The van der Waals surface area contributed by atoms with Crippen LogP contribution in [0.15, 0.2) is 30.3 Å². The second kappa shape index (κ2) is 3.97. The zero-order valence-corrected chi connectivity index (χ0v) is 10.0. The highest BCUT2D eigenvalue weighted by atomic mass is 15.2. The molecule has 0 spiro atoms. The van der Waals surface area contributed by atoms with Crippen molar-refractivity contribution in [1.82, 2.24) is 4.90 Å². The molecule has 0 amide bonds. The zero-order valence-electron chi connectivity index (χ0n) is 10.0. The van der Waals surface area contributed by atoms with Crippen molar-refractivity contribution in [1.29, 1.82) is 0 Å². The molecular formula is C14H21N. The Kier molecular flexibility index (Phi) is 2.83. The van der Waals surface area contributed by atoms with Crippen molar-refractivity contribution in [3.05, 3.63) is 35.9 Å². The van der Waals surface area contributed by atoms with E-state index in [-0.39, 0.29) is 5.54 Å². The van der Waals surface area contributed by atoms with E-state index in [0.717, 1.165) is 0 Å². The van der Waals surface area contributed by atoms with Crippen LogP contribution in [0.1, 0.15) is 39.2 Å². The van der Waals surface area contributed by atoms with Crippen LogP contribution in [0.3, 0.4) is 0 Å². The van der Waals surface area contributed by atoms with Crippen LogP contribution in [0.2, 0.25) is 0 Å². The van der Waals surface area contributed by atoms with E-state index in [9.17, 15) is 0 Å². The highest BCUT2D eigenvalue weighted by molar-refractivity contribution is 5.25. The molecule has 0 aromatic heterocycles. The van der Waals surface area contributed by atoms with Crippen LogP contribution in [0.5, 0.6) is 0 Å². The Morgan fingerprint density at radius 2 is 1.87 bits per heavy atom. The van der Waals surface area contributed by atoms with E-state index in [0.29, 0.717) is 6.04 Å². The summed E-state index contributed by atoms with van der Waals surface area (Å²) in [4.78, 5) is 2.63. The van der Waals surface area contributed by atoms with Gasteiger partial charge >= 0.3 is 0 Å². The summed E-state index contributed by atoms with van der Waals surface area (Å²) in [6, 6.07) is 11.6. The largest absolute Gasteiger partial charge is 0.291 e. The number of nitrogens with zero attached hydrogens (tertiary/aromatic N) is 1. The number of hydrogen-bond donors (Lipinski definition) is 0. The minimum atomic E-state index is 0.259. The molecule has 0 radical (unpaired) electrons. The Bertz CT molecular complexity index is 317. The Morgan fingerprint density at radius 1 is 1.20 bits per heavy atom. The molecule has 1 aliphatic rings. The summed E-state index contributed by atoms with van der Waals surface area (Å²) < 4.78 is 0. The van der Waals surface area contributed by atoms with Gasteiger partial charge in [0.1, 0.15) is 0 Å². The van der Waals surface area contributed by atoms with Crippen LogP contribution in [0, 0.1) is 0 Å². The van der Waals surface area contributed by atoms with Gasteiger partial charge in [-0.1, -0.05) is 30.3 Å². The van der Waals surface area contributed by atoms with E-state index in [1.54, 1.807) is 0 Å². The zero-order chi connectivity index (χ0) is 10.9. The van der Waals surface area contributed by atoms with Crippen LogP contribution in [-0.2, 0) is 5.54 Å². The van der Waals surface area contributed by atoms with Crippen molar-refractivity contribution in [2.75, 3.05) is 6.54 Å². The lowest BCUT2D eigenvalue weighted by molar-refractivity contribution is 0.117. The van der Waals surface area contributed by atoms with E-state index in [1.165, 1.54) is 24.9 Å². The summed E-state index contributed by atoms with van der Waals surface area (Å²) in [5, 5.41) is 0. The highest BCUT2D eigenvalue weighted by Gasteiger charge is 2.38. The molecule has 1 heteroatoms. The maximum absolute atomic E-state index is 2.63. The third-order valence-corrected chi connectivity index (χ3v) is 3.72. The first-order valence-corrected chi connectivity index (χ1v) is 5.97. The molecule has 2 rings (SSSR count). The second-order valence-electron chi connectivity index (χ2n) is 5.03. The molecule has 0 N–H and O–H groups in total. The smallest absolute Gasteiger partial charge is 0.0435 e. The summed E-state index contributed by atoms with van der Waals surface area (Å²) in [5.74, 6) is 0. The third-order valence-electron chi connectivity index (χ3n) is 3.72. The van der Waals surface area contributed by atoms with Gasteiger partial charge < -0.3 is 0 Å². The fourth-order valence-corrected chi connectivity index (χ4v) is 2.92. The van der Waals surface area contributed by atoms with Crippen LogP contribution in [0.4, 0.5) is 0 Å². The molecule has 0 aliphatic carbocycles. The van der Waals surface area contributed by atoms with E-state index < -0.39 is 0 Å². The fraction of sp³-hybridized carbons (Fsp3) is 0.571. The monoisotopic (exact) mass is 203 g/mol. The minimum absolute atomic E-state index is 0.259. The Hall–Kier alpha value is -0.820. The second-order valence-corrected chi connectivity index (χ2v) is 5.03. The first kappa shape index (κ1) is 10.7. The fourth-order valence-electron chi connectivity index (χ4n) is 2.92. The van der Waals surface area contributed by atoms with Gasteiger partial charge in [-0.2, -0.15) is 0 Å². The number of benzene rings is 1. The van der Waals surface area contributed by atoms with Crippen molar-refractivity contribution < 1.29 is 0 Å². The number of likely N-dealkylation sites (tertiary alicyclic amines) is 1. The van der Waals surface area contributed by atoms with Gasteiger partial charge in [-0.3, -0.25) is 4.90 Å². The predicted molar refractivity (Wildman–Crippen MR) is 64.9 cm³/mol. The SMILES string of the molecule is CC(C)N1CCCC1(C)c1ccccc1. The Balaban J connectivity index is 2.33. The van der Waals surface area contributed by atoms with Crippen molar-refractivity contribution >= 4 is 0 Å². The molecule has 0 saturated carbocycles. The minimum Gasteiger partial charge on any atom is -0.291 e. The standard InChI is InChI=1S/C14H21N/c1-12(2)15-11-7-10-14(15,3)13-8-5-4-6-9-13/h4-6,8-9,12H,7,10-11H2,1-3H3. The molecule has 1 unspecified atom stereocenters. The van der Waals surface area contributed by atoms with Gasteiger partial charge in [-0.15, -0.1) is 0 Å². The van der Waals surface area contributed by atoms with Crippen molar-refractivity contribution in [2.45, 2.75) is 45.2 Å². The average molecular weight is 203 g/mol. The molecule has 1 atom stereocenters. The normalized spacial score (nSPS) is 27.5. The van der Waals surface area contributed by atoms with Crippen molar-refractivity contribution in [2.24, 2.45) is 0 Å². The molecule has 82 valence electrons. The lowest BCUT2D eigenvalue weighted by Gasteiger charge is -2.38. The summed E-state index contributed by atoms with van der Waals surface area (Å²) in [5.41, 5.74) is 1.73. The quantitative estimate of drug-likeness (QED) is 0.712. The lowest BCUT2D eigenvalue weighted by atomic mass is 9.88. The molecule has 1 fully saturated rings. The molecule has 1 heterocycles. The lowest BCUT2D eigenvalue weighted by Crippen LogP contribution is -2.42. The van der Waals surface area contributed by atoms with Gasteiger partial charge in [0.15, 0.2) is 0 Å². The Morgan fingerprint density at radius 3 is 2.47 bits per heavy atom. The number of hydrogen-bond acceptors (Lipinski definition) is 1. The summed E-state index contributed by atoms with van der Waals surface area (Å²) >= 11 is 0. The summed E-state index contributed by atoms with van der Waals surface area (Å²) in [6.07, 6.45) is 2.61. The molecule has 15 heavy (non-hydrogen) atoms. The van der Waals surface area contributed by atoms with E-state index in [1.807, 2.05) is 0 Å². The molecule has 1 saturated heterocycles. The van der Waals surface area contributed by atoms with E-state index >= 15 is 0 Å². The van der Waals surface area contributed by atoms with Crippen LogP contribution in [0.25, 0.3) is 0 Å². The average Bonchev–Trinajstić information content (AvgIpc) is 2.63. The maximum Gasteiger partial charge on any atom is 0.0435 e. The van der Waals surface area contributed by atoms with Crippen LogP contribution < -0.4 is 0 Å². The van der Waals surface area contributed by atoms with Gasteiger partial charge in [-0.05, 0) is 45.7 Å². The molecular weight excluding hydrogens is 182 g/mol. The van der Waals surface area contributed by atoms with Gasteiger partial charge in [0, 0.05) is 11.6 Å². The molecule has 0 bridgehead atoms. The van der Waals surface area contributed by atoms with Crippen LogP contribution in [-0.4, -0.2) is 17.5 Å². The van der Waals surface area contributed by atoms with Crippen LogP contribution >= 0.6 is 0 Å². The number of rotatable bonds is 2. The highest BCUT2D eigenvalue weighted by Crippen LogP contribution is 2.39. The van der Waals surface area contributed by atoms with Crippen molar-refractivity contribution in [3.63, 3.8) is 0 Å². The molecule has 1 aliphatic heterocycles. The maximum atomic E-state index is 2.63. The van der Waals surface area contributed by atoms with Gasteiger partial charge in [-0.25, -0.2) is 0 Å². The topological polar surface area (TPSA) is 3.24 Å². The summed E-state index contributed by atoms with van der Waals surface area (Å²) in [6.45, 7) is 8.22. The van der Waals surface area contributed by atoms with Gasteiger partial charge in [0.05, 0.1) is 0 Å². The molecule has 1 nitrogen and oxygen atoms in total. The third kappa shape index (κ3) is 1.81. The van der Waals surface area contributed by atoms with E-state index in [2.05, 4.69) is 56.0 Å². The predicted octanol–water partition coefficient (Wildman–Crippen LogP) is 3.41. The van der Waals surface area contributed by atoms with Gasteiger partial charge in [0.2, 0.25) is 0 Å². The first-order valence-electron chi connectivity index (χ1n) is 5.97. The first-order chi connectivity index (χ1) is 7.14. The van der Waals surface area contributed by atoms with Crippen molar-refractivity contribution in [3.8, 4) is 0 Å². The molecule has 1 aromatic rings. The summed E-state index contributed by atoms with van der Waals surface area (Å²) in [7, 11) is 0. The molecule has 1 aromatic carbocycles. The Labute approximate surface area is 93.1 Å².